The minimum Gasteiger partial charge on any atom is -0.465 e. The maximum atomic E-state index is 12.1. The molecule has 2 aromatic rings. The fourth-order valence-electron chi connectivity index (χ4n) is 2.69. The summed E-state index contributed by atoms with van der Waals surface area (Å²) in [5, 5.41) is 12.1. The van der Waals surface area contributed by atoms with Crippen LogP contribution < -0.4 is 10.9 Å². The predicted molar refractivity (Wildman–Crippen MR) is 88.8 cm³/mol. The Hall–Kier alpha value is -2.42. The monoisotopic (exact) mass is 394 g/mol. The normalized spacial score (nSPS) is 17.0. The van der Waals surface area contributed by atoms with Gasteiger partial charge in [-0.25, -0.2) is 9.78 Å². The van der Waals surface area contributed by atoms with Crippen molar-refractivity contribution in [1.82, 2.24) is 19.6 Å². The van der Waals surface area contributed by atoms with E-state index in [-0.39, 0.29) is 30.6 Å². The molecule has 1 atom stereocenters. The molecule has 1 saturated heterocycles. The van der Waals surface area contributed by atoms with E-state index in [1.54, 1.807) is 18.3 Å². The number of carboxylic acid groups (broad SMARTS) is 1. The quantitative estimate of drug-likeness (QED) is 0.810. The second-order valence-electron chi connectivity index (χ2n) is 5.63. The van der Waals surface area contributed by atoms with Gasteiger partial charge in [-0.15, -0.1) is 0 Å². The van der Waals surface area contributed by atoms with Crippen molar-refractivity contribution in [3.05, 3.63) is 44.9 Å². The first-order valence-electron chi connectivity index (χ1n) is 7.37. The molecule has 1 fully saturated rings. The molecule has 2 N–H and O–H groups in total. The fourth-order valence-corrected chi connectivity index (χ4v) is 3.02. The van der Waals surface area contributed by atoms with Gasteiger partial charge in [-0.1, -0.05) is 15.9 Å². The zero-order chi connectivity index (χ0) is 17.3. The third kappa shape index (κ3) is 3.56. The maximum Gasteiger partial charge on any atom is 0.407 e. The van der Waals surface area contributed by atoms with Crippen LogP contribution in [0.1, 0.15) is 18.5 Å². The van der Waals surface area contributed by atoms with E-state index in [1.165, 1.54) is 10.5 Å². The molecule has 2 aromatic heterocycles. The first-order valence-corrected chi connectivity index (χ1v) is 8.17. The van der Waals surface area contributed by atoms with Gasteiger partial charge in [0.2, 0.25) is 5.91 Å². The molecule has 3 heterocycles. The average Bonchev–Trinajstić information content (AvgIpc) is 2.91. The lowest BCUT2D eigenvalue weighted by Crippen LogP contribution is -2.41. The number of amides is 2. The first kappa shape index (κ1) is 16.4. The largest absolute Gasteiger partial charge is 0.465 e. The Labute approximate surface area is 145 Å². The summed E-state index contributed by atoms with van der Waals surface area (Å²) in [4.78, 5) is 40.4. The van der Waals surface area contributed by atoms with Crippen molar-refractivity contribution in [3.63, 3.8) is 0 Å². The number of pyridine rings is 1. The lowest BCUT2D eigenvalue weighted by atomic mass is 10.2. The highest BCUT2D eigenvalue weighted by Crippen LogP contribution is 2.13. The summed E-state index contributed by atoms with van der Waals surface area (Å²) in [6.45, 7) is 0.153. The van der Waals surface area contributed by atoms with E-state index >= 15 is 0 Å². The van der Waals surface area contributed by atoms with Crippen LogP contribution in [0.3, 0.4) is 0 Å². The third-order valence-electron chi connectivity index (χ3n) is 3.83. The number of carbonyl (C=O) groups excluding carboxylic acids is 1. The number of rotatable bonds is 4. The topological polar surface area (TPSA) is 104 Å². The molecular weight excluding hydrogens is 380 g/mol. The van der Waals surface area contributed by atoms with Crippen LogP contribution in [0.15, 0.2) is 33.7 Å². The smallest absolute Gasteiger partial charge is 0.407 e. The summed E-state index contributed by atoms with van der Waals surface area (Å²) in [5.74, 6) is -0.0720. The van der Waals surface area contributed by atoms with Gasteiger partial charge in [0.05, 0.1) is 12.2 Å². The van der Waals surface area contributed by atoms with Crippen LogP contribution in [0.2, 0.25) is 0 Å². The summed E-state index contributed by atoms with van der Waals surface area (Å²) >= 11 is 3.32. The predicted octanol–water partition coefficient (Wildman–Crippen LogP) is 1.22. The zero-order valence-electron chi connectivity index (χ0n) is 12.6. The summed E-state index contributed by atoms with van der Waals surface area (Å²) in [7, 11) is 0. The molecule has 9 heteroatoms. The lowest BCUT2D eigenvalue weighted by molar-refractivity contribution is -0.119. The van der Waals surface area contributed by atoms with E-state index in [9.17, 15) is 19.5 Å². The summed E-state index contributed by atoms with van der Waals surface area (Å²) in [6.07, 6.45) is 1.49. The average molecular weight is 395 g/mol. The van der Waals surface area contributed by atoms with Crippen LogP contribution >= 0.6 is 15.9 Å². The van der Waals surface area contributed by atoms with Crippen LogP contribution in [0, 0.1) is 0 Å². The number of aromatic nitrogens is 2. The Balaban J connectivity index is 1.84. The summed E-state index contributed by atoms with van der Waals surface area (Å²) in [6, 6.07) is 4.53. The number of carbonyl (C=O) groups is 2. The molecule has 8 nitrogen and oxygen atoms in total. The molecule has 1 unspecified atom stereocenters. The zero-order valence-corrected chi connectivity index (χ0v) is 14.2. The molecule has 0 bridgehead atoms. The van der Waals surface area contributed by atoms with Crippen LogP contribution in [0.5, 0.6) is 0 Å². The number of hydrogen-bond donors (Lipinski definition) is 2. The second kappa shape index (κ2) is 6.60. The maximum absolute atomic E-state index is 12.1. The van der Waals surface area contributed by atoms with E-state index < -0.39 is 6.09 Å². The lowest BCUT2D eigenvalue weighted by Gasteiger charge is -2.22. The number of nitrogens with one attached hydrogen (secondary N) is 1. The number of fused-ring (bicyclic) bond motifs is 1. The number of nitrogens with zero attached hydrogens (tertiary/aromatic N) is 3. The molecule has 24 heavy (non-hydrogen) atoms. The van der Waals surface area contributed by atoms with E-state index in [0.717, 1.165) is 9.37 Å². The number of halogens is 1. The van der Waals surface area contributed by atoms with Gasteiger partial charge in [0.1, 0.15) is 5.65 Å². The Morgan fingerprint density at radius 1 is 1.46 bits per heavy atom. The van der Waals surface area contributed by atoms with E-state index in [4.69, 9.17) is 0 Å². The van der Waals surface area contributed by atoms with Crippen LogP contribution in [-0.4, -0.2) is 44.0 Å². The van der Waals surface area contributed by atoms with Crippen molar-refractivity contribution in [3.8, 4) is 0 Å². The Morgan fingerprint density at radius 3 is 2.92 bits per heavy atom. The molecule has 0 radical (unpaired) electrons. The molecule has 126 valence electrons. The van der Waals surface area contributed by atoms with Crippen molar-refractivity contribution in [2.75, 3.05) is 6.54 Å². The SMILES string of the molecule is O=C1CCC(CN(Cc2cc(=O)n3ccc(Br)cc3n2)C(=O)O)N1. The van der Waals surface area contributed by atoms with E-state index in [1.807, 2.05) is 0 Å². The minimum absolute atomic E-state index is 0.0139. The molecule has 3 rings (SSSR count). The van der Waals surface area contributed by atoms with Gasteiger partial charge >= 0.3 is 6.09 Å². The highest BCUT2D eigenvalue weighted by atomic mass is 79.9. The molecule has 2 amide bonds. The second-order valence-corrected chi connectivity index (χ2v) is 6.54. The summed E-state index contributed by atoms with van der Waals surface area (Å²) < 4.78 is 2.16. The third-order valence-corrected chi connectivity index (χ3v) is 4.32. The highest BCUT2D eigenvalue weighted by molar-refractivity contribution is 9.10. The van der Waals surface area contributed by atoms with Gasteiger partial charge in [-0.05, 0) is 18.6 Å². The molecular formula is C15H15BrN4O4. The molecule has 0 spiro atoms. The molecule has 0 aromatic carbocycles. The summed E-state index contributed by atoms with van der Waals surface area (Å²) in [5.41, 5.74) is 0.526. The van der Waals surface area contributed by atoms with Crippen LogP contribution in [0.25, 0.3) is 5.65 Å². The first-order chi connectivity index (χ1) is 11.4. The Morgan fingerprint density at radius 2 is 2.25 bits per heavy atom. The number of hydrogen-bond acceptors (Lipinski definition) is 4. The van der Waals surface area contributed by atoms with Crippen molar-refractivity contribution in [2.45, 2.75) is 25.4 Å². The van der Waals surface area contributed by atoms with E-state index in [0.29, 0.717) is 24.2 Å². The van der Waals surface area contributed by atoms with Crippen molar-refractivity contribution >= 4 is 33.6 Å². The van der Waals surface area contributed by atoms with Crippen LogP contribution in [-0.2, 0) is 11.3 Å². The van der Waals surface area contributed by atoms with Crippen molar-refractivity contribution < 1.29 is 14.7 Å². The Kier molecular flexibility index (Phi) is 4.52. The van der Waals surface area contributed by atoms with Gasteiger partial charge in [-0.3, -0.25) is 14.0 Å². The van der Waals surface area contributed by atoms with Gasteiger partial charge in [0.15, 0.2) is 0 Å². The standard InChI is InChI=1S/C15H15BrN4O4/c16-9-3-4-20-12(5-9)17-11(6-14(20)22)8-19(15(23)24)7-10-1-2-13(21)18-10/h3-6,10H,1-2,7-8H2,(H,18,21)(H,23,24). The van der Waals surface area contributed by atoms with Gasteiger partial charge in [-0.2, -0.15) is 0 Å². The van der Waals surface area contributed by atoms with E-state index in [2.05, 4.69) is 26.2 Å². The molecule has 1 aliphatic rings. The fraction of sp³-hybridized carbons (Fsp3) is 0.333. The van der Waals surface area contributed by atoms with Crippen molar-refractivity contribution in [1.29, 1.82) is 0 Å². The van der Waals surface area contributed by atoms with Gasteiger partial charge in [0.25, 0.3) is 5.56 Å². The highest BCUT2D eigenvalue weighted by Gasteiger charge is 2.25. The van der Waals surface area contributed by atoms with Gasteiger partial charge in [0, 0.05) is 35.7 Å². The van der Waals surface area contributed by atoms with Gasteiger partial charge < -0.3 is 15.3 Å². The molecule has 0 saturated carbocycles. The van der Waals surface area contributed by atoms with Crippen molar-refractivity contribution in [2.24, 2.45) is 0 Å². The van der Waals surface area contributed by atoms with Crippen LogP contribution in [0.4, 0.5) is 4.79 Å². The Bertz CT molecular complexity index is 866. The minimum atomic E-state index is -1.12. The molecule has 0 aliphatic carbocycles. The molecule has 1 aliphatic heterocycles.